The van der Waals surface area contributed by atoms with Crippen LogP contribution in [0.25, 0.3) is 0 Å². The van der Waals surface area contributed by atoms with E-state index in [0.29, 0.717) is 19.5 Å². The van der Waals surface area contributed by atoms with Crippen LogP contribution in [0.5, 0.6) is 0 Å². The number of anilines is 1. The van der Waals surface area contributed by atoms with Gasteiger partial charge in [-0.05, 0) is 37.6 Å². The lowest BCUT2D eigenvalue weighted by Crippen LogP contribution is -2.59. The first-order chi connectivity index (χ1) is 9.47. The molecule has 0 amide bonds. The molecule has 0 radical (unpaired) electrons. The Morgan fingerprint density at radius 1 is 1.25 bits per heavy atom. The summed E-state index contributed by atoms with van der Waals surface area (Å²) in [6.07, 6.45) is 0.582. The minimum Gasteiger partial charge on any atom is -0.480 e. The van der Waals surface area contributed by atoms with E-state index < -0.39 is 11.5 Å². The van der Waals surface area contributed by atoms with E-state index in [0.717, 1.165) is 18.8 Å². The van der Waals surface area contributed by atoms with Crippen LogP contribution in [0.1, 0.15) is 20.3 Å². The van der Waals surface area contributed by atoms with Crippen molar-refractivity contribution < 1.29 is 14.3 Å². The number of benzene rings is 1. The molecule has 1 aromatic carbocycles. The molecule has 20 heavy (non-hydrogen) atoms. The zero-order chi connectivity index (χ0) is 14.8. The van der Waals surface area contributed by atoms with Crippen LogP contribution < -0.4 is 4.90 Å². The maximum absolute atomic E-state index is 12.9. The lowest BCUT2D eigenvalue weighted by Gasteiger charge is -2.43. The molecule has 0 unspecified atom stereocenters. The van der Waals surface area contributed by atoms with Gasteiger partial charge in [-0.3, -0.25) is 9.69 Å². The third kappa shape index (κ3) is 2.77. The van der Waals surface area contributed by atoms with Crippen LogP contribution >= 0.6 is 0 Å². The summed E-state index contributed by atoms with van der Waals surface area (Å²) in [5, 5.41) is 9.40. The molecule has 1 aromatic rings. The summed E-state index contributed by atoms with van der Waals surface area (Å²) in [6.45, 7) is 6.61. The first kappa shape index (κ1) is 14.8. The number of carbonyl (C=O) groups is 1. The van der Waals surface area contributed by atoms with Crippen molar-refractivity contribution in [1.82, 2.24) is 4.90 Å². The largest absolute Gasteiger partial charge is 0.480 e. The van der Waals surface area contributed by atoms with E-state index in [4.69, 9.17) is 0 Å². The monoisotopic (exact) mass is 280 g/mol. The summed E-state index contributed by atoms with van der Waals surface area (Å²) < 4.78 is 12.9. The summed E-state index contributed by atoms with van der Waals surface area (Å²) in [6, 6.07) is 6.44. The molecule has 4 nitrogen and oxygen atoms in total. The number of aliphatic carboxylic acids is 1. The van der Waals surface area contributed by atoms with Crippen molar-refractivity contribution in [2.24, 2.45) is 0 Å². The molecule has 0 aromatic heterocycles. The van der Waals surface area contributed by atoms with Crippen molar-refractivity contribution in [1.29, 1.82) is 0 Å². The number of carboxylic acids is 1. The Morgan fingerprint density at radius 2 is 1.80 bits per heavy atom. The van der Waals surface area contributed by atoms with Crippen molar-refractivity contribution in [2.75, 3.05) is 31.1 Å². The van der Waals surface area contributed by atoms with Crippen molar-refractivity contribution in [2.45, 2.75) is 25.8 Å². The molecular formula is C15H21FN2O2. The van der Waals surface area contributed by atoms with Gasteiger partial charge in [-0.1, -0.05) is 6.92 Å². The second kappa shape index (κ2) is 5.79. The first-order valence-electron chi connectivity index (χ1n) is 6.96. The summed E-state index contributed by atoms with van der Waals surface area (Å²) in [4.78, 5) is 15.6. The van der Waals surface area contributed by atoms with Gasteiger partial charge in [0.05, 0.1) is 0 Å². The molecule has 2 rings (SSSR count). The topological polar surface area (TPSA) is 43.8 Å². The summed E-state index contributed by atoms with van der Waals surface area (Å²) >= 11 is 0. The SMILES string of the molecule is CC[C@](C)(C(=O)O)N1CCN(c2ccc(F)cc2)CC1. The number of hydrogen-bond donors (Lipinski definition) is 1. The average molecular weight is 280 g/mol. The molecule has 0 spiro atoms. The zero-order valence-electron chi connectivity index (χ0n) is 12.0. The molecule has 0 aliphatic carbocycles. The predicted molar refractivity (Wildman–Crippen MR) is 76.5 cm³/mol. The molecule has 1 atom stereocenters. The summed E-state index contributed by atoms with van der Waals surface area (Å²) in [5.41, 5.74) is 0.189. The van der Waals surface area contributed by atoms with E-state index in [1.54, 1.807) is 19.1 Å². The molecule has 1 aliphatic heterocycles. The molecular weight excluding hydrogens is 259 g/mol. The van der Waals surface area contributed by atoms with Crippen molar-refractivity contribution >= 4 is 11.7 Å². The minimum atomic E-state index is -0.797. The van der Waals surface area contributed by atoms with Crippen LogP contribution in [0, 0.1) is 5.82 Å². The number of rotatable bonds is 4. The molecule has 0 saturated carbocycles. The predicted octanol–water partition coefficient (Wildman–Crippen LogP) is 2.20. The van der Waals surface area contributed by atoms with Gasteiger partial charge in [0.1, 0.15) is 11.4 Å². The van der Waals surface area contributed by atoms with Gasteiger partial charge in [-0.15, -0.1) is 0 Å². The second-order valence-corrected chi connectivity index (χ2v) is 5.38. The summed E-state index contributed by atoms with van der Waals surface area (Å²) in [5.74, 6) is -1.01. The van der Waals surface area contributed by atoms with Crippen LogP contribution in [0.4, 0.5) is 10.1 Å². The van der Waals surface area contributed by atoms with E-state index in [-0.39, 0.29) is 5.82 Å². The smallest absolute Gasteiger partial charge is 0.323 e. The molecule has 110 valence electrons. The highest BCUT2D eigenvalue weighted by Gasteiger charge is 2.39. The van der Waals surface area contributed by atoms with Crippen LogP contribution in [-0.4, -0.2) is 47.7 Å². The molecule has 1 saturated heterocycles. The quantitative estimate of drug-likeness (QED) is 0.918. The van der Waals surface area contributed by atoms with Gasteiger partial charge >= 0.3 is 5.97 Å². The first-order valence-corrected chi connectivity index (χ1v) is 6.96. The Hall–Kier alpha value is -1.62. The maximum Gasteiger partial charge on any atom is 0.323 e. The van der Waals surface area contributed by atoms with Crippen LogP contribution in [0.15, 0.2) is 24.3 Å². The zero-order valence-corrected chi connectivity index (χ0v) is 12.0. The fourth-order valence-electron chi connectivity index (χ4n) is 2.62. The fourth-order valence-corrected chi connectivity index (χ4v) is 2.62. The minimum absolute atomic E-state index is 0.239. The van der Waals surface area contributed by atoms with Gasteiger partial charge in [-0.2, -0.15) is 0 Å². The lowest BCUT2D eigenvalue weighted by atomic mass is 9.95. The van der Waals surface area contributed by atoms with Gasteiger partial charge in [0.2, 0.25) is 0 Å². The van der Waals surface area contributed by atoms with Gasteiger partial charge in [0.25, 0.3) is 0 Å². The number of carboxylic acid groups (broad SMARTS) is 1. The molecule has 1 aliphatic rings. The van der Waals surface area contributed by atoms with Crippen molar-refractivity contribution in [3.8, 4) is 0 Å². The fraction of sp³-hybridized carbons (Fsp3) is 0.533. The Balaban J connectivity index is 2.02. The Labute approximate surface area is 118 Å². The molecule has 5 heteroatoms. The number of hydrogen-bond acceptors (Lipinski definition) is 3. The third-order valence-corrected chi connectivity index (χ3v) is 4.32. The maximum atomic E-state index is 12.9. The molecule has 0 bridgehead atoms. The average Bonchev–Trinajstić information content (AvgIpc) is 2.47. The Morgan fingerprint density at radius 3 is 2.25 bits per heavy atom. The van der Waals surface area contributed by atoms with E-state index >= 15 is 0 Å². The van der Waals surface area contributed by atoms with E-state index in [9.17, 15) is 14.3 Å². The normalized spacial score (nSPS) is 19.6. The molecule has 1 N–H and O–H groups in total. The second-order valence-electron chi connectivity index (χ2n) is 5.38. The highest BCUT2D eigenvalue weighted by atomic mass is 19.1. The highest BCUT2D eigenvalue weighted by Crippen LogP contribution is 2.24. The van der Waals surface area contributed by atoms with Gasteiger partial charge in [0.15, 0.2) is 0 Å². The van der Waals surface area contributed by atoms with Gasteiger partial charge in [-0.25, -0.2) is 4.39 Å². The number of halogens is 1. The van der Waals surface area contributed by atoms with E-state index in [1.165, 1.54) is 12.1 Å². The van der Waals surface area contributed by atoms with Crippen LogP contribution in [0.2, 0.25) is 0 Å². The van der Waals surface area contributed by atoms with E-state index in [1.807, 2.05) is 11.8 Å². The molecule has 1 heterocycles. The Bertz CT molecular complexity index is 469. The number of piperazine rings is 1. The lowest BCUT2D eigenvalue weighted by molar-refractivity contribution is -0.151. The van der Waals surface area contributed by atoms with Gasteiger partial charge in [0, 0.05) is 31.9 Å². The third-order valence-electron chi connectivity index (χ3n) is 4.32. The van der Waals surface area contributed by atoms with E-state index in [2.05, 4.69) is 4.90 Å². The Kier molecular flexibility index (Phi) is 4.28. The highest BCUT2D eigenvalue weighted by molar-refractivity contribution is 5.78. The van der Waals surface area contributed by atoms with Gasteiger partial charge < -0.3 is 10.0 Å². The molecule has 1 fully saturated rings. The van der Waals surface area contributed by atoms with Crippen LogP contribution in [-0.2, 0) is 4.79 Å². The number of nitrogens with zero attached hydrogens (tertiary/aromatic N) is 2. The van der Waals surface area contributed by atoms with Crippen molar-refractivity contribution in [3.05, 3.63) is 30.1 Å². The standard InChI is InChI=1S/C15H21FN2O2/c1-3-15(2,14(19)20)18-10-8-17(9-11-18)13-6-4-12(16)5-7-13/h4-7H,3,8-11H2,1-2H3,(H,19,20)/t15-/m1/s1. The van der Waals surface area contributed by atoms with Crippen LogP contribution in [0.3, 0.4) is 0 Å². The van der Waals surface area contributed by atoms with Crippen molar-refractivity contribution in [3.63, 3.8) is 0 Å². The summed E-state index contributed by atoms with van der Waals surface area (Å²) in [7, 11) is 0.